The highest BCUT2D eigenvalue weighted by atomic mass is 35.5. The van der Waals surface area contributed by atoms with Gasteiger partial charge in [0.2, 0.25) is 0 Å². The summed E-state index contributed by atoms with van der Waals surface area (Å²) in [5.74, 6) is 0. The third kappa shape index (κ3) is 4.02. The van der Waals surface area contributed by atoms with Gasteiger partial charge in [-0.05, 0) is 60.7 Å². The van der Waals surface area contributed by atoms with Crippen LogP contribution in [0.4, 0.5) is 0 Å². The van der Waals surface area contributed by atoms with Crippen molar-refractivity contribution >= 4 is 32.0 Å². The van der Waals surface area contributed by atoms with E-state index in [2.05, 4.69) is 3.63 Å². The van der Waals surface area contributed by atoms with Crippen LogP contribution in [0.5, 0.6) is 0 Å². The normalized spacial score (nSPS) is 12.4. The van der Waals surface area contributed by atoms with Crippen LogP contribution in [0.2, 0.25) is 5.02 Å². The number of hydrogen-bond donors (Lipinski definition) is 0. The lowest BCUT2D eigenvalue weighted by atomic mass is 10.4. The van der Waals surface area contributed by atoms with E-state index in [-0.39, 0.29) is 4.90 Å². The summed E-state index contributed by atoms with van der Waals surface area (Å²) in [5.41, 5.74) is 0. The Morgan fingerprint density at radius 3 is 1.23 bits per heavy atom. The molecule has 0 bridgehead atoms. The standard InChI is InChI=1S/C24H19ClO3S2/c25-20-16-18-24(19-17-20)30(26,27)28-29(21-10-4-1-5-11-21,22-12-6-2-7-13-22)23-14-8-3-9-15-23/h1-19H/p+1. The average Bonchev–Trinajstić information content (AvgIpc) is 2.79. The molecule has 0 amide bonds. The van der Waals surface area contributed by atoms with Gasteiger partial charge in [0.25, 0.3) is 0 Å². The summed E-state index contributed by atoms with van der Waals surface area (Å²) in [6, 6.07) is 35.0. The van der Waals surface area contributed by atoms with E-state index >= 15 is 0 Å². The molecule has 0 aliphatic carbocycles. The topological polar surface area (TPSA) is 46.9 Å². The van der Waals surface area contributed by atoms with Crippen molar-refractivity contribution in [2.24, 2.45) is 0 Å². The second kappa shape index (κ2) is 8.66. The van der Waals surface area contributed by atoms with Crippen LogP contribution in [0.1, 0.15) is 0 Å². The van der Waals surface area contributed by atoms with Crippen LogP contribution < -0.4 is 0 Å². The predicted molar refractivity (Wildman–Crippen MR) is 123 cm³/mol. The van der Waals surface area contributed by atoms with Gasteiger partial charge in [0.05, 0.1) is 25.0 Å². The molecule has 0 aliphatic rings. The predicted octanol–water partition coefficient (Wildman–Crippen LogP) is 7.02. The Hall–Kier alpha value is -2.57. The minimum Gasteiger partial charge on any atom is -0.258 e. The molecule has 0 atom stereocenters. The van der Waals surface area contributed by atoms with Crippen molar-refractivity contribution in [3.05, 3.63) is 120 Å². The second-order valence-corrected chi connectivity index (χ2v) is 11.6. The molecule has 0 aliphatic heterocycles. The Balaban J connectivity index is 1.99. The molecule has 152 valence electrons. The molecule has 0 aromatic heterocycles. The lowest BCUT2D eigenvalue weighted by Gasteiger charge is -2.34. The molecule has 0 fully saturated rings. The second-order valence-electron chi connectivity index (χ2n) is 6.52. The molecule has 0 radical (unpaired) electrons. The van der Waals surface area contributed by atoms with Crippen LogP contribution in [0, 0.1) is 0 Å². The number of benzene rings is 4. The Bertz CT molecular complexity index is 1120. The van der Waals surface area contributed by atoms with Gasteiger partial charge >= 0.3 is 10.1 Å². The molecule has 4 rings (SSSR count). The average molecular weight is 456 g/mol. The maximum absolute atomic E-state index is 13.5. The highest BCUT2D eigenvalue weighted by Crippen LogP contribution is 2.68. The van der Waals surface area contributed by atoms with Crippen LogP contribution in [-0.4, -0.2) is 12.0 Å². The van der Waals surface area contributed by atoms with Crippen molar-refractivity contribution in [2.45, 2.75) is 19.6 Å². The van der Waals surface area contributed by atoms with Crippen LogP contribution in [0.3, 0.4) is 0 Å². The minimum atomic E-state index is -3.98. The SMILES string of the molecule is O=S(=O)([OH+]S(c1ccccc1)(c1ccccc1)c1ccccc1)c1ccc(Cl)cc1. The Morgan fingerprint density at radius 2 is 0.867 bits per heavy atom. The van der Waals surface area contributed by atoms with Crippen LogP contribution in [0.15, 0.2) is 135 Å². The first-order valence-electron chi connectivity index (χ1n) is 9.26. The first-order valence-corrected chi connectivity index (χ1v) is 12.7. The molecule has 0 saturated heterocycles. The molecule has 0 unspecified atom stereocenters. The maximum atomic E-state index is 13.5. The lowest BCUT2D eigenvalue weighted by molar-refractivity contribution is 0.387. The summed E-state index contributed by atoms with van der Waals surface area (Å²) in [4.78, 5) is 2.66. The molecular weight excluding hydrogens is 436 g/mol. The maximum Gasteiger partial charge on any atom is 0.422 e. The van der Waals surface area contributed by atoms with Gasteiger partial charge in [-0.25, -0.2) is 0 Å². The molecule has 0 heterocycles. The highest BCUT2D eigenvalue weighted by molar-refractivity contribution is 8.32. The molecule has 30 heavy (non-hydrogen) atoms. The quantitative estimate of drug-likeness (QED) is 0.231. The Kier molecular flexibility index (Phi) is 5.97. The fourth-order valence-corrected chi connectivity index (χ4v) is 8.82. The van der Waals surface area contributed by atoms with Crippen molar-refractivity contribution in [3.8, 4) is 0 Å². The van der Waals surface area contributed by atoms with E-state index in [4.69, 9.17) is 11.6 Å². The van der Waals surface area contributed by atoms with Gasteiger partial charge in [0.15, 0.2) is 0 Å². The van der Waals surface area contributed by atoms with Crippen molar-refractivity contribution in [1.82, 2.24) is 0 Å². The largest absolute Gasteiger partial charge is 0.422 e. The van der Waals surface area contributed by atoms with Gasteiger partial charge in [-0.3, -0.25) is 3.63 Å². The van der Waals surface area contributed by atoms with Crippen molar-refractivity contribution in [2.75, 3.05) is 0 Å². The van der Waals surface area contributed by atoms with Gasteiger partial charge in [-0.2, -0.15) is 0 Å². The summed E-state index contributed by atoms with van der Waals surface area (Å²) in [6.07, 6.45) is 0. The minimum absolute atomic E-state index is 0.117. The smallest absolute Gasteiger partial charge is 0.258 e. The Morgan fingerprint density at radius 1 is 0.500 bits per heavy atom. The van der Waals surface area contributed by atoms with Gasteiger partial charge in [0, 0.05) is 5.02 Å². The summed E-state index contributed by atoms with van der Waals surface area (Å²) >= 11 is 5.96. The van der Waals surface area contributed by atoms with E-state index in [0.29, 0.717) is 5.02 Å². The van der Waals surface area contributed by atoms with Gasteiger partial charge < -0.3 is 0 Å². The molecule has 0 spiro atoms. The summed E-state index contributed by atoms with van der Waals surface area (Å²) in [5, 5.41) is 0.474. The van der Waals surface area contributed by atoms with Gasteiger partial charge in [-0.15, -0.1) is 8.42 Å². The van der Waals surface area contributed by atoms with E-state index in [1.165, 1.54) is 12.1 Å². The van der Waals surface area contributed by atoms with E-state index in [1.807, 2.05) is 91.0 Å². The third-order valence-corrected chi connectivity index (χ3v) is 10.2. The van der Waals surface area contributed by atoms with Crippen molar-refractivity contribution in [3.63, 3.8) is 0 Å². The zero-order valence-corrected chi connectivity index (χ0v) is 18.3. The fourth-order valence-electron chi connectivity index (χ4n) is 3.19. The van der Waals surface area contributed by atoms with Crippen LogP contribution in [0.25, 0.3) is 0 Å². The zero-order valence-electron chi connectivity index (χ0n) is 15.9. The number of hydrogen-bond acceptors (Lipinski definition) is 2. The monoisotopic (exact) mass is 455 g/mol. The van der Waals surface area contributed by atoms with E-state index in [9.17, 15) is 8.42 Å². The molecule has 4 aromatic rings. The highest BCUT2D eigenvalue weighted by Gasteiger charge is 2.43. The molecule has 6 heteroatoms. The first-order chi connectivity index (χ1) is 14.5. The lowest BCUT2D eigenvalue weighted by Crippen LogP contribution is -2.18. The number of halogens is 1. The zero-order chi connectivity index (χ0) is 21.0. The van der Waals surface area contributed by atoms with E-state index < -0.39 is 20.4 Å². The molecule has 3 nitrogen and oxygen atoms in total. The van der Waals surface area contributed by atoms with Crippen molar-refractivity contribution < 1.29 is 12.0 Å². The molecule has 1 N–H and O–H groups in total. The number of rotatable bonds is 6. The third-order valence-electron chi connectivity index (χ3n) is 4.57. The van der Waals surface area contributed by atoms with E-state index in [0.717, 1.165) is 14.7 Å². The molecule has 4 aromatic carbocycles. The fraction of sp³-hybridized carbons (Fsp3) is 0. The Labute approximate surface area is 183 Å². The first kappa shape index (κ1) is 20.7. The van der Waals surface area contributed by atoms with Gasteiger partial charge in [-0.1, -0.05) is 66.2 Å². The summed E-state index contributed by atoms with van der Waals surface area (Å²) in [7, 11) is -6.42. The van der Waals surface area contributed by atoms with Gasteiger partial charge in [0.1, 0.15) is 4.90 Å². The van der Waals surface area contributed by atoms with Crippen LogP contribution >= 0.6 is 21.9 Å². The molecular formula is C24H20ClO3S2+. The summed E-state index contributed by atoms with van der Waals surface area (Å²) < 4.78 is 31.6. The van der Waals surface area contributed by atoms with Crippen LogP contribution in [-0.2, 0) is 10.1 Å². The molecule has 0 saturated carbocycles. The van der Waals surface area contributed by atoms with Crippen molar-refractivity contribution in [1.29, 1.82) is 0 Å². The summed E-state index contributed by atoms with van der Waals surface area (Å²) in [6.45, 7) is 0. The van der Waals surface area contributed by atoms with E-state index in [1.54, 1.807) is 12.1 Å².